The number of nitrogens with one attached hydrogen (secondary N) is 1. The van der Waals surface area contributed by atoms with Crippen molar-refractivity contribution < 1.29 is 9.21 Å². The largest absolute Gasteiger partial charge is 0.459 e. The molecule has 3 aromatic rings. The Balaban J connectivity index is 1.39. The van der Waals surface area contributed by atoms with Crippen LogP contribution in [0.25, 0.3) is 11.0 Å². The van der Waals surface area contributed by atoms with Crippen LogP contribution in [0.3, 0.4) is 0 Å². The molecule has 0 radical (unpaired) electrons. The molecule has 0 aliphatic heterocycles. The van der Waals surface area contributed by atoms with Gasteiger partial charge in [-0.25, -0.2) is 4.68 Å². The van der Waals surface area contributed by atoms with Crippen LogP contribution >= 0.6 is 11.8 Å². The van der Waals surface area contributed by atoms with Crippen LogP contribution < -0.4 is 5.32 Å². The minimum Gasteiger partial charge on any atom is -0.459 e. The molecule has 1 aliphatic carbocycles. The molecule has 0 saturated heterocycles. The van der Waals surface area contributed by atoms with Gasteiger partial charge in [-0.1, -0.05) is 30.0 Å². The van der Waals surface area contributed by atoms with Gasteiger partial charge in [0.05, 0.1) is 17.8 Å². The molecule has 4 rings (SSSR count). The Labute approximate surface area is 149 Å². The summed E-state index contributed by atoms with van der Waals surface area (Å²) < 4.78 is 7.72. The SMILES string of the molecule is Cc1c(C(C)NC(=O)CSc2nnnn2C2CC2)oc2ccccc12. The van der Waals surface area contributed by atoms with Gasteiger partial charge < -0.3 is 9.73 Å². The van der Waals surface area contributed by atoms with Crippen LogP contribution in [-0.4, -0.2) is 31.9 Å². The number of carbonyl (C=O) groups excluding carboxylic acids is 1. The second kappa shape index (κ2) is 6.51. The first-order valence-electron chi connectivity index (χ1n) is 8.31. The summed E-state index contributed by atoms with van der Waals surface area (Å²) >= 11 is 1.36. The third-order valence-electron chi connectivity index (χ3n) is 4.34. The van der Waals surface area contributed by atoms with E-state index < -0.39 is 0 Å². The number of hydrogen-bond acceptors (Lipinski definition) is 6. The average Bonchev–Trinajstić information content (AvgIpc) is 3.25. The lowest BCUT2D eigenvalue weighted by atomic mass is 10.1. The van der Waals surface area contributed by atoms with Crippen molar-refractivity contribution in [1.29, 1.82) is 0 Å². The first kappa shape index (κ1) is 16.1. The summed E-state index contributed by atoms with van der Waals surface area (Å²) in [5, 5.41) is 16.5. The summed E-state index contributed by atoms with van der Waals surface area (Å²) in [7, 11) is 0. The maximum atomic E-state index is 12.3. The van der Waals surface area contributed by atoms with E-state index in [0.29, 0.717) is 11.2 Å². The Kier molecular flexibility index (Phi) is 4.20. The van der Waals surface area contributed by atoms with Crippen LogP contribution in [0.1, 0.15) is 43.2 Å². The van der Waals surface area contributed by atoms with Gasteiger partial charge in [-0.2, -0.15) is 0 Å². The summed E-state index contributed by atoms with van der Waals surface area (Å²) in [4.78, 5) is 12.3. The lowest BCUT2D eigenvalue weighted by Gasteiger charge is -2.12. The number of rotatable bonds is 6. The molecule has 1 aromatic carbocycles. The highest BCUT2D eigenvalue weighted by molar-refractivity contribution is 7.99. The second-order valence-electron chi connectivity index (χ2n) is 6.30. The zero-order chi connectivity index (χ0) is 17.4. The molecule has 1 saturated carbocycles. The van der Waals surface area contributed by atoms with E-state index in [1.54, 1.807) is 0 Å². The zero-order valence-electron chi connectivity index (χ0n) is 14.1. The highest BCUT2D eigenvalue weighted by Crippen LogP contribution is 2.36. The van der Waals surface area contributed by atoms with Crippen molar-refractivity contribution in [3.8, 4) is 0 Å². The third-order valence-corrected chi connectivity index (χ3v) is 5.27. The van der Waals surface area contributed by atoms with Crippen LogP contribution in [0.15, 0.2) is 33.8 Å². The summed E-state index contributed by atoms with van der Waals surface area (Å²) in [6.45, 7) is 3.95. The molecule has 1 fully saturated rings. The van der Waals surface area contributed by atoms with Gasteiger partial charge in [-0.3, -0.25) is 4.79 Å². The smallest absolute Gasteiger partial charge is 0.231 e. The Morgan fingerprint density at radius 2 is 2.24 bits per heavy atom. The predicted octanol–water partition coefficient (Wildman–Crippen LogP) is 3.03. The van der Waals surface area contributed by atoms with E-state index in [1.165, 1.54) is 11.8 Å². The van der Waals surface area contributed by atoms with Gasteiger partial charge in [0, 0.05) is 10.9 Å². The van der Waals surface area contributed by atoms with Crippen molar-refractivity contribution in [3.63, 3.8) is 0 Å². The Hall–Kier alpha value is -2.35. The fourth-order valence-corrected chi connectivity index (χ4v) is 3.67. The molecule has 2 aromatic heterocycles. The van der Waals surface area contributed by atoms with E-state index in [-0.39, 0.29) is 17.7 Å². The molecule has 0 spiro atoms. The lowest BCUT2D eigenvalue weighted by molar-refractivity contribution is -0.119. The molecule has 1 amide bonds. The van der Waals surface area contributed by atoms with Gasteiger partial charge in [0.2, 0.25) is 11.1 Å². The van der Waals surface area contributed by atoms with Crippen LogP contribution in [0.4, 0.5) is 0 Å². The quantitative estimate of drug-likeness (QED) is 0.683. The van der Waals surface area contributed by atoms with Gasteiger partial charge in [-0.15, -0.1) is 5.10 Å². The van der Waals surface area contributed by atoms with Crippen molar-refractivity contribution in [2.75, 3.05) is 5.75 Å². The topological polar surface area (TPSA) is 85.8 Å². The van der Waals surface area contributed by atoms with E-state index in [9.17, 15) is 4.79 Å². The predicted molar refractivity (Wildman–Crippen MR) is 94.3 cm³/mol. The molecule has 1 aliphatic rings. The fourth-order valence-electron chi connectivity index (χ4n) is 2.91. The molecule has 1 N–H and O–H groups in total. The average molecular weight is 357 g/mol. The molecule has 1 unspecified atom stereocenters. The Morgan fingerprint density at radius 3 is 3.00 bits per heavy atom. The van der Waals surface area contributed by atoms with Crippen molar-refractivity contribution in [3.05, 3.63) is 35.6 Å². The van der Waals surface area contributed by atoms with Crippen LogP contribution in [0, 0.1) is 6.92 Å². The van der Waals surface area contributed by atoms with E-state index in [0.717, 1.165) is 35.1 Å². The first-order valence-corrected chi connectivity index (χ1v) is 9.30. The number of furan rings is 1. The normalized spacial score (nSPS) is 15.4. The van der Waals surface area contributed by atoms with Crippen LogP contribution in [0.2, 0.25) is 0 Å². The number of aromatic nitrogens is 4. The van der Waals surface area contributed by atoms with Gasteiger partial charge in [0.1, 0.15) is 11.3 Å². The molecule has 130 valence electrons. The maximum Gasteiger partial charge on any atom is 0.231 e. The number of hydrogen-bond donors (Lipinski definition) is 1. The number of fused-ring (bicyclic) bond motifs is 1. The number of carbonyl (C=O) groups is 1. The number of para-hydroxylation sites is 1. The lowest BCUT2D eigenvalue weighted by Crippen LogP contribution is -2.28. The van der Waals surface area contributed by atoms with Crippen LogP contribution in [0.5, 0.6) is 0 Å². The summed E-state index contributed by atoms with van der Waals surface area (Å²) in [5.41, 5.74) is 1.91. The van der Waals surface area contributed by atoms with Gasteiger partial charge >= 0.3 is 0 Å². The van der Waals surface area contributed by atoms with Gasteiger partial charge in [0.15, 0.2) is 0 Å². The zero-order valence-corrected chi connectivity index (χ0v) is 14.9. The number of aryl methyl sites for hydroxylation is 1. The molecular weight excluding hydrogens is 338 g/mol. The van der Waals surface area contributed by atoms with Crippen molar-refractivity contribution >= 4 is 28.6 Å². The number of benzene rings is 1. The van der Waals surface area contributed by atoms with E-state index >= 15 is 0 Å². The fraction of sp³-hybridized carbons (Fsp3) is 0.412. The monoisotopic (exact) mass is 357 g/mol. The third kappa shape index (κ3) is 3.26. The molecule has 25 heavy (non-hydrogen) atoms. The highest BCUT2D eigenvalue weighted by Gasteiger charge is 2.28. The van der Waals surface area contributed by atoms with E-state index in [1.807, 2.05) is 42.8 Å². The van der Waals surface area contributed by atoms with Crippen molar-refractivity contribution in [2.24, 2.45) is 0 Å². The van der Waals surface area contributed by atoms with Gasteiger partial charge in [0.25, 0.3) is 0 Å². The molecular formula is C17H19N5O2S. The highest BCUT2D eigenvalue weighted by atomic mass is 32.2. The minimum atomic E-state index is -0.195. The first-order chi connectivity index (χ1) is 12.1. The Bertz CT molecular complexity index is 915. The van der Waals surface area contributed by atoms with Crippen LogP contribution in [-0.2, 0) is 4.79 Å². The van der Waals surface area contributed by atoms with Crippen molar-refractivity contribution in [2.45, 2.75) is 43.9 Å². The summed E-state index contributed by atoms with van der Waals surface area (Å²) in [6, 6.07) is 8.10. The standard InChI is InChI=1S/C17H19N5O2S/c1-10-13-5-3-4-6-14(13)24-16(10)11(2)18-15(23)9-25-17-19-20-21-22(17)12-7-8-12/h3-6,11-12H,7-9H2,1-2H3,(H,18,23). The summed E-state index contributed by atoms with van der Waals surface area (Å²) in [6.07, 6.45) is 2.21. The number of tetrazole rings is 1. The Morgan fingerprint density at radius 1 is 1.44 bits per heavy atom. The number of amides is 1. The van der Waals surface area contributed by atoms with Crippen molar-refractivity contribution in [1.82, 2.24) is 25.5 Å². The minimum absolute atomic E-state index is 0.0669. The number of thioether (sulfide) groups is 1. The molecule has 7 nitrogen and oxygen atoms in total. The van der Waals surface area contributed by atoms with E-state index in [2.05, 4.69) is 20.8 Å². The number of nitrogens with zero attached hydrogens (tertiary/aromatic N) is 4. The summed E-state index contributed by atoms with van der Waals surface area (Å²) in [5.74, 6) is 1.00. The van der Waals surface area contributed by atoms with Gasteiger partial charge in [-0.05, 0) is 43.2 Å². The molecule has 1 atom stereocenters. The molecule has 2 heterocycles. The second-order valence-corrected chi connectivity index (χ2v) is 7.25. The molecule has 0 bridgehead atoms. The van der Waals surface area contributed by atoms with E-state index in [4.69, 9.17) is 4.42 Å². The molecule has 8 heteroatoms. The maximum absolute atomic E-state index is 12.3.